The van der Waals surface area contributed by atoms with E-state index in [0.29, 0.717) is 10.8 Å². The van der Waals surface area contributed by atoms with Gasteiger partial charge in [0.1, 0.15) is 0 Å². The quantitative estimate of drug-likeness (QED) is 0.692. The summed E-state index contributed by atoms with van der Waals surface area (Å²) < 4.78 is 5.42. The van der Waals surface area contributed by atoms with Crippen molar-refractivity contribution in [1.29, 1.82) is 0 Å². The van der Waals surface area contributed by atoms with Crippen LogP contribution >= 0.6 is 11.8 Å². The molecule has 2 nitrogen and oxygen atoms in total. The summed E-state index contributed by atoms with van der Waals surface area (Å²) in [7, 11) is 0. The molecule has 0 amide bonds. The molecule has 1 aliphatic rings. The van der Waals surface area contributed by atoms with E-state index in [-0.39, 0.29) is 0 Å². The smallest absolute Gasteiger partial charge is 0.0643 e. The predicted octanol–water partition coefficient (Wildman–Crippen LogP) is 1.12. The van der Waals surface area contributed by atoms with E-state index in [1.807, 2.05) is 11.8 Å². The fraction of sp³-hybridized carbons (Fsp3) is 1.00. The molecule has 1 heterocycles. The maximum absolute atomic E-state index is 5.06. The molecule has 1 fully saturated rings. The van der Waals surface area contributed by atoms with E-state index >= 15 is 0 Å². The molecule has 1 N–H and O–H groups in total. The highest BCUT2D eigenvalue weighted by atomic mass is 32.2. The van der Waals surface area contributed by atoms with Gasteiger partial charge in [0.05, 0.1) is 19.3 Å². The lowest BCUT2D eigenvalue weighted by Crippen LogP contribution is -2.49. The Bertz CT molecular complexity index is 123. The lowest BCUT2D eigenvalue weighted by Gasteiger charge is -2.31. The van der Waals surface area contributed by atoms with Gasteiger partial charge in [-0.1, -0.05) is 0 Å². The third-order valence-corrected chi connectivity index (χ3v) is 3.26. The van der Waals surface area contributed by atoms with Crippen LogP contribution in [0.15, 0.2) is 0 Å². The van der Waals surface area contributed by atoms with Crippen LogP contribution in [0.4, 0.5) is 0 Å². The van der Waals surface area contributed by atoms with Gasteiger partial charge in [0.15, 0.2) is 0 Å². The van der Waals surface area contributed by atoms with Crippen molar-refractivity contribution < 1.29 is 4.74 Å². The second-order valence-corrected chi connectivity index (χ2v) is 5.09. The zero-order valence-corrected chi connectivity index (χ0v) is 8.33. The molecule has 1 rings (SSSR count). The molecule has 66 valence electrons. The third-order valence-electron chi connectivity index (χ3n) is 2.01. The first kappa shape index (κ1) is 9.36. The number of thioether (sulfide) groups is 1. The van der Waals surface area contributed by atoms with Gasteiger partial charge in [-0.05, 0) is 20.1 Å². The van der Waals surface area contributed by atoms with Gasteiger partial charge in [0.2, 0.25) is 0 Å². The Hall–Kier alpha value is 0.270. The number of nitrogens with one attached hydrogen (secondary N) is 1. The fourth-order valence-corrected chi connectivity index (χ4v) is 1.04. The van der Waals surface area contributed by atoms with Crippen molar-refractivity contribution in [1.82, 2.24) is 5.32 Å². The van der Waals surface area contributed by atoms with Crippen LogP contribution in [0.1, 0.15) is 13.8 Å². The highest BCUT2D eigenvalue weighted by molar-refractivity contribution is 7.99. The van der Waals surface area contributed by atoms with Crippen LogP contribution in [0.3, 0.4) is 0 Å². The van der Waals surface area contributed by atoms with Crippen LogP contribution in [-0.4, -0.2) is 36.8 Å². The molecule has 0 bridgehead atoms. The Labute approximate surface area is 73.1 Å². The first-order chi connectivity index (χ1) is 5.14. The molecule has 3 heteroatoms. The molecule has 0 atom stereocenters. The molecule has 0 spiro atoms. The summed E-state index contributed by atoms with van der Waals surface area (Å²) in [5.74, 6) is 0. The molecule has 0 radical (unpaired) electrons. The second kappa shape index (κ2) is 3.78. The van der Waals surface area contributed by atoms with E-state index in [1.54, 1.807) is 0 Å². The number of ether oxygens (including phenoxy) is 1. The van der Waals surface area contributed by atoms with Crippen LogP contribution < -0.4 is 5.32 Å². The molecular formula is C8H17NOS. The van der Waals surface area contributed by atoms with E-state index in [9.17, 15) is 0 Å². The van der Waals surface area contributed by atoms with Crippen LogP contribution in [0.25, 0.3) is 0 Å². The van der Waals surface area contributed by atoms with Gasteiger partial charge < -0.3 is 10.1 Å². The van der Waals surface area contributed by atoms with Crippen LogP contribution in [-0.2, 0) is 4.74 Å². The van der Waals surface area contributed by atoms with Gasteiger partial charge in [0, 0.05) is 11.3 Å². The molecule has 0 aromatic carbocycles. The minimum atomic E-state index is 0.357. The van der Waals surface area contributed by atoms with E-state index in [4.69, 9.17) is 4.74 Å². The van der Waals surface area contributed by atoms with Gasteiger partial charge in [-0.2, -0.15) is 11.8 Å². The van der Waals surface area contributed by atoms with Crippen molar-refractivity contribution in [2.45, 2.75) is 24.6 Å². The van der Waals surface area contributed by atoms with E-state index < -0.39 is 0 Å². The standard InChI is InChI=1S/C8H17NOS/c1-8(2,11-3)6-9-7-4-10-5-7/h7,9H,4-6H2,1-3H3. The molecule has 0 saturated carbocycles. The zero-order valence-electron chi connectivity index (χ0n) is 7.52. The summed E-state index contributed by atoms with van der Waals surface area (Å²) >= 11 is 1.90. The summed E-state index contributed by atoms with van der Waals surface area (Å²) in [5, 5.41) is 3.46. The van der Waals surface area contributed by atoms with E-state index in [0.717, 1.165) is 19.8 Å². The second-order valence-electron chi connectivity index (χ2n) is 3.58. The Morgan fingerprint density at radius 1 is 1.55 bits per heavy atom. The molecule has 1 saturated heterocycles. The van der Waals surface area contributed by atoms with Gasteiger partial charge in [-0.3, -0.25) is 0 Å². The van der Waals surface area contributed by atoms with Crippen molar-refractivity contribution in [3.05, 3.63) is 0 Å². The van der Waals surface area contributed by atoms with Crippen molar-refractivity contribution in [3.8, 4) is 0 Å². The SMILES string of the molecule is CSC(C)(C)CNC1COC1. The van der Waals surface area contributed by atoms with Crippen molar-refractivity contribution in [2.75, 3.05) is 26.0 Å². The van der Waals surface area contributed by atoms with Crippen molar-refractivity contribution >= 4 is 11.8 Å². The first-order valence-corrected chi connectivity index (χ1v) is 5.23. The molecule has 0 aromatic heterocycles. The molecule has 11 heavy (non-hydrogen) atoms. The van der Waals surface area contributed by atoms with Crippen molar-refractivity contribution in [3.63, 3.8) is 0 Å². The van der Waals surface area contributed by atoms with Crippen molar-refractivity contribution in [2.24, 2.45) is 0 Å². The minimum Gasteiger partial charge on any atom is -0.378 e. The summed E-state index contributed by atoms with van der Waals surface area (Å²) in [6, 6.07) is 0.612. The summed E-state index contributed by atoms with van der Waals surface area (Å²) in [6.45, 7) is 7.37. The average molecular weight is 175 g/mol. The number of rotatable bonds is 4. The lowest BCUT2D eigenvalue weighted by atomic mass is 10.2. The Morgan fingerprint density at radius 2 is 2.18 bits per heavy atom. The van der Waals surface area contributed by atoms with Gasteiger partial charge in [-0.15, -0.1) is 0 Å². The molecule has 0 aliphatic carbocycles. The van der Waals surface area contributed by atoms with E-state index in [2.05, 4.69) is 25.4 Å². The Balaban J connectivity index is 2.09. The maximum Gasteiger partial charge on any atom is 0.0643 e. The lowest BCUT2D eigenvalue weighted by molar-refractivity contribution is -0.00546. The fourth-order valence-electron chi connectivity index (χ4n) is 0.816. The highest BCUT2D eigenvalue weighted by Gasteiger charge is 2.22. The zero-order chi connectivity index (χ0) is 8.32. The topological polar surface area (TPSA) is 21.3 Å². The van der Waals surface area contributed by atoms with Crippen LogP contribution in [0.2, 0.25) is 0 Å². The normalized spacial score (nSPS) is 19.9. The van der Waals surface area contributed by atoms with Gasteiger partial charge in [0.25, 0.3) is 0 Å². The minimum absolute atomic E-state index is 0.357. The molecular weight excluding hydrogens is 158 g/mol. The van der Waals surface area contributed by atoms with Crippen LogP contribution in [0, 0.1) is 0 Å². The predicted molar refractivity (Wildman–Crippen MR) is 50.2 cm³/mol. The summed E-state index contributed by atoms with van der Waals surface area (Å²) in [4.78, 5) is 0. The van der Waals surface area contributed by atoms with Crippen LogP contribution in [0.5, 0.6) is 0 Å². The molecule has 0 unspecified atom stereocenters. The number of hydrogen-bond acceptors (Lipinski definition) is 3. The third kappa shape index (κ3) is 3.01. The summed E-state index contributed by atoms with van der Waals surface area (Å²) in [6.07, 6.45) is 2.15. The first-order valence-electron chi connectivity index (χ1n) is 4.00. The van der Waals surface area contributed by atoms with Gasteiger partial charge in [-0.25, -0.2) is 0 Å². The number of hydrogen-bond donors (Lipinski definition) is 1. The molecule has 0 aromatic rings. The highest BCUT2D eigenvalue weighted by Crippen LogP contribution is 2.20. The average Bonchev–Trinajstić information content (AvgIpc) is 1.84. The monoisotopic (exact) mass is 175 g/mol. The largest absolute Gasteiger partial charge is 0.378 e. The maximum atomic E-state index is 5.06. The summed E-state index contributed by atoms with van der Waals surface area (Å²) in [5.41, 5.74) is 0. The molecule has 1 aliphatic heterocycles. The Kier molecular flexibility index (Phi) is 3.22. The van der Waals surface area contributed by atoms with E-state index in [1.165, 1.54) is 0 Å². The Morgan fingerprint density at radius 3 is 2.55 bits per heavy atom. The van der Waals surface area contributed by atoms with Gasteiger partial charge >= 0.3 is 0 Å².